The standard InChI is InChI=1S/C21H16N6O5/c1-31-10-17(28)23-15-4-2-3-12-8-16(24-18(12)15)20(29)25-14-6-5-11(9-22)7-13(14)19-26-21(30)32-27-19/h2-8,24H,10H2,1H3,(H,23,28)(H,25,29)(H,26,27,30). The molecule has 0 atom stereocenters. The Balaban J connectivity index is 1.66. The van der Waals surface area contributed by atoms with E-state index in [9.17, 15) is 19.6 Å². The molecule has 0 bridgehead atoms. The zero-order chi connectivity index (χ0) is 22.7. The van der Waals surface area contributed by atoms with Crippen LogP contribution in [0.15, 0.2) is 51.8 Å². The number of amides is 2. The van der Waals surface area contributed by atoms with Gasteiger partial charge in [0.15, 0.2) is 5.82 Å². The van der Waals surface area contributed by atoms with Crippen LogP contribution in [0.4, 0.5) is 11.4 Å². The summed E-state index contributed by atoms with van der Waals surface area (Å²) < 4.78 is 9.36. The third-order valence-corrected chi connectivity index (χ3v) is 4.54. The summed E-state index contributed by atoms with van der Waals surface area (Å²) in [4.78, 5) is 41.6. The van der Waals surface area contributed by atoms with Crippen molar-refractivity contribution < 1.29 is 18.8 Å². The molecule has 11 heteroatoms. The van der Waals surface area contributed by atoms with Gasteiger partial charge in [0.05, 0.1) is 28.5 Å². The highest BCUT2D eigenvalue weighted by Gasteiger charge is 2.17. The van der Waals surface area contributed by atoms with E-state index in [4.69, 9.17) is 4.74 Å². The van der Waals surface area contributed by atoms with Crippen molar-refractivity contribution in [2.24, 2.45) is 0 Å². The van der Waals surface area contributed by atoms with Crippen LogP contribution in [0, 0.1) is 11.3 Å². The molecule has 0 radical (unpaired) electrons. The number of carbonyl (C=O) groups excluding carboxylic acids is 2. The van der Waals surface area contributed by atoms with E-state index in [0.29, 0.717) is 33.4 Å². The van der Waals surface area contributed by atoms with Gasteiger partial charge in [-0.25, -0.2) is 4.79 Å². The predicted octanol–water partition coefficient (Wildman–Crippen LogP) is 2.22. The number of ether oxygens (including phenoxy) is 1. The van der Waals surface area contributed by atoms with Crippen LogP contribution in [0.3, 0.4) is 0 Å². The highest BCUT2D eigenvalue weighted by atomic mass is 16.5. The lowest BCUT2D eigenvalue weighted by molar-refractivity contribution is -0.119. The SMILES string of the molecule is COCC(=O)Nc1cccc2cc(C(=O)Nc3ccc(C#N)cc3-c3noc(=O)[nH]3)[nH]c12. The van der Waals surface area contributed by atoms with Crippen LogP contribution in [-0.2, 0) is 9.53 Å². The Morgan fingerprint density at radius 1 is 1.16 bits per heavy atom. The average Bonchev–Trinajstić information content (AvgIpc) is 3.41. The van der Waals surface area contributed by atoms with Gasteiger partial charge in [0.1, 0.15) is 12.3 Å². The van der Waals surface area contributed by atoms with Gasteiger partial charge in [-0.2, -0.15) is 5.26 Å². The number of hydrogen-bond acceptors (Lipinski definition) is 7. The van der Waals surface area contributed by atoms with Crippen LogP contribution in [0.2, 0.25) is 0 Å². The molecule has 4 aromatic rings. The number of benzene rings is 2. The Kier molecular flexibility index (Phi) is 5.52. The minimum Gasteiger partial charge on any atom is -0.375 e. The number of methoxy groups -OCH3 is 1. The zero-order valence-corrected chi connectivity index (χ0v) is 16.7. The molecular weight excluding hydrogens is 416 g/mol. The maximum atomic E-state index is 12.9. The number of nitrogens with zero attached hydrogens (tertiary/aromatic N) is 2. The third kappa shape index (κ3) is 4.11. The van der Waals surface area contributed by atoms with Crippen LogP contribution in [0.25, 0.3) is 22.3 Å². The second kappa shape index (κ2) is 8.58. The molecule has 0 saturated heterocycles. The monoisotopic (exact) mass is 432 g/mol. The predicted molar refractivity (Wildman–Crippen MR) is 114 cm³/mol. The minimum absolute atomic E-state index is 0.0715. The van der Waals surface area contributed by atoms with E-state index in [1.165, 1.54) is 25.3 Å². The lowest BCUT2D eigenvalue weighted by atomic mass is 10.1. The molecule has 32 heavy (non-hydrogen) atoms. The van der Waals surface area contributed by atoms with Gasteiger partial charge in [0, 0.05) is 18.1 Å². The molecule has 0 saturated carbocycles. The third-order valence-electron chi connectivity index (χ3n) is 4.54. The van der Waals surface area contributed by atoms with Gasteiger partial charge in [0.2, 0.25) is 5.91 Å². The number of hydrogen-bond donors (Lipinski definition) is 4. The first kappa shape index (κ1) is 20.6. The zero-order valence-electron chi connectivity index (χ0n) is 16.7. The van der Waals surface area contributed by atoms with Crippen molar-refractivity contribution >= 4 is 34.1 Å². The molecule has 2 amide bonds. The van der Waals surface area contributed by atoms with E-state index in [1.807, 2.05) is 6.07 Å². The Morgan fingerprint density at radius 3 is 2.72 bits per heavy atom. The molecular formula is C21H16N6O5. The number of nitrogens with one attached hydrogen (secondary N) is 4. The smallest absolute Gasteiger partial charge is 0.375 e. The molecule has 0 aliphatic rings. The van der Waals surface area contributed by atoms with Crippen LogP contribution < -0.4 is 16.4 Å². The molecule has 0 aliphatic carbocycles. The Hall–Kier alpha value is -4.69. The molecule has 2 aromatic carbocycles. The molecule has 0 unspecified atom stereocenters. The molecule has 0 spiro atoms. The first-order valence-corrected chi connectivity index (χ1v) is 9.31. The quantitative estimate of drug-likeness (QED) is 0.362. The van der Waals surface area contributed by atoms with E-state index in [-0.39, 0.29) is 24.0 Å². The van der Waals surface area contributed by atoms with Crippen molar-refractivity contribution in [2.45, 2.75) is 0 Å². The van der Waals surface area contributed by atoms with Gasteiger partial charge < -0.3 is 20.4 Å². The second-order valence-corrected chi connectivity index (χ2v) is 6.70. The first-order valence-electron chi connectivity index (χ1n) is 9.31. The summed E-state index contributed by atoms with van der Waals surface area (Å²) in [6, 6.07) is 13.4. The molecule has 2 aromatic heterocycles. The van der Waals surface area contributed by atoms with Crippen molar-refractivity contribution in [1.29, 1.82) is 5.26 Å². The van der Waals surface area contributed by atoms with Gasteiger partial charge in [-0.05, 0) is 30.3 Å². The number of rotatable bonds is 6. The number of fused-ring (bicyclic) bond motifs is 1. The summed E-state index contributed by atoms with van der Waals surface area (Å²) in [6.07, 6.45) is 0. The molecule has 4 rings (SSSR count). The normalized spacial score (nSPS) is 10.6. The summed E-state index contributed by atoms with van der Waals surface area (Å²) in [5.74, 6) is -1.50. The number of aromatic amines is 2. The topological polar surface area (TPSA) is 166 Å². The maximum Gasteiger partial charge on any atom is 0.439 e. The van der Waals surface area contributed by atoms with Crippen LogP contribution in [-0.4, -0.2) is 40.7 Å². The van der Waals surface area contributed by atoms with E-state index in [2.05, 4.69) is 30.3 Å². The molecule has 2 heterocycles. The van der Waals surface area contributed by atoms with Crippen LogP contribution in [0.1, 0.15) is 16.1 Å². The Labute approximate surface area is 180 Å². The molecule has 0 aliphatic heterocycles. The second-order valence-electron chi connectivity index (χ2n) is 6.70. The highest BCUT2D eigenvalue weighted by molar-refractivity contribution is 6.09. The largest absolute Gasteiger partial charge is 0.439 e. The van der Waals surface area contributed by atoms with Gasteiger partial charge >= 0.3 is 5.76 Å². The summed E-state index contributed by atoms with van der Waals surface area (Å²) in [7, 11) is 1.42. The number of H-pyrrole nitrogens is 2. The number of nitriles is 1. The van der Waals surface area contributed by atoms with Crippen molar-refractivity contribution in [3.05, 3.63) is 64.3 Å². The van der Waals surface area contributed by atoms with E-state index in [1.54, 1.807) is 24.3 Å². The first-order chi connectivity index (χ1) is 15.5. The summed E-state index contributed by atoms with van der Waals surface area (Å²) in [5, 5.41) is 19.0. The summed E-state index contributed by atoms with van der Waals surface area (Å²) in [5.41, 5.74) is 2.24. The van der Waals surface area contributed by atoms with E-state index in [0.717, 1.165) is 0 Å². The van der Waals surface area contributed by atoms with Gasteiger partial charge in [-0.15, -0.1) is 0 Å². The Morgan fingerprint density at radius 2 is 2.00 bits per heavy atom. The molecule has 160 valence electrons. The van der Waals surface area contributed by atoms with Gasteiger partial charge in [-0.3, -0.25) is 19.1 Å². The molecule has 11 nitrogen and oxygen atoms in total. The molecule has 4 N–H and O–H groups in total. The lowest BCUT2D eigenvalue weighted by Crippen LogP contribution is -2.17. The summed E-state index contributed by atoms with van der Waals surface area (Å²) >= 11 is 0. The van der Waals surface area contributed by atoms with Crippen molar-refractivity contribution in [2.75, 3.05) is 24.4 Å². The fraction of sp³-hybridized carbons (Fsp3) is 0.0952. The van der Waals surface area contributed by atoms with Crippen molar-refractivity contribution in [3.63, 3.8) is 0 Å². The number of para-hydroxylation sites is 1. The van der Waals surface area contributed by atoms with E-state index < -0.39 is 11.7 Å². The Bertz CT molecular complexity index is 1420. The van der Waals surface area contributed by atoms with Gasteiger partial charge in [-0.1, -0.05) is 17.3 Å². The number of carbonyl (C=O) groups is 2. The summed E-state index contributed by atoms with van der Waals surface area (Å²) in [6.45, 7) is -0.101. The van der Waals surface area contributed by atoms with E-state index >= 15 is 0 Å². The highest BCUT2D eigenvalue weighted by Crippen LogP contribution is 2.28. The molecule has 0 fully saturated rings. The van der Waals surface area contributed by atoms with Crippen LogP contribution in [0.5, 0.6) is 0 Å². The van der Waals surface area contributed by atoms with Crippen molar-refractivity contribution in [1.82, 2.24) is 15.1 Å². The lowest BCUT2D eigenvalue weighted by Gasteiger charge is -2.09. The fourth-order valence-electron chi connectivity index (χ4n) is 3.15. The average molecular weight is 432 g/mol. The van der Waals surface area contributed by atoms with Crippen molar-refractivity contribution in [3.8, 4) is 17.5 Å². The maximum absolute atomic E-state index is 12.9. The fourth-order valence-corrected chi connectivity index (χ4v) is 3.15. The van der Waals surface area contributed by atoms with Gasteiger partial charge in [0.25, 0.3) is 5.91 Å². The van der Waals surface area contributed by atoms with Crippen LogP contribution >= 0.6 is 0 Å². The minimum atomic E-state index is -0.765. The number of anilines is 2. The number of aromatic nitrogens is 3.